The normalized spacial score (nSPS) is 19.3. The van der Waals surface area contributed by atoms with Crippen molar-refractivity contribution >= 4 is 17.8 Å². The standard InChI is InChI=1S/C20H27N3O3/c1-22-14-18(25)23(19(22)26)13-7-10-17(24)21-15-20(11-5-6-12-20)16-8-3-2-4-9-16/h2-4,8-9H,5-7,10-15H2,1H3,(H,21,24). The lowest BCUT2D eigenvalue weighted by atomic mass is 9.79. The van der Waals surface area contributed by atoms with E-state index in [4.69, 9.17) is 0 Å². The number of hydrogen-bond acceptors (Lipinski definition) is 3. The zero-order valence-electron chi connectivity index (χ0n) is 15.4. The summed E-state index contributed by atoms with van der Waals surface area (Å²) in [4.78, 5) is 38.4. The van der Waals surface area contributed by atoms with E-state index in [1.807, 2.05) is 6.07 Å². The molecule has 2 fully saturated rings. The molecule has 3 rings (SSSR count). The summed E-state index contributed by atoms with van der Waals surface area (Å²) in [5.41, 5.74) is 1.34. The second-order valence-electron chi connectivity index (χ2n) is 7.42. The summed E-state index contributed by atoms with van der Waals surface area (Å²) < 4.78 is 0. The molecule has 140 valence electrons. The van der Waals surface area contributed by atoms with Gasteiger partial charge in [-0.3, -0.25) is 14.5 Å². The fourth-order valence-electron chi connectivity index (χ4n) is 4.05. The second-order valence-corrected chi connectivity index (χ2v) is 7.42. The summed E-state index contributed by atoms with van der Waals surface area (Å²) >= 11 is 0. The molecule has 6 nitrogen and oxygen atoms in total. The van der Waals surface area contributed by atoms with Gasteiger partial charge in [0.2, 0.25) is 11.8 Å². The maximum absolute atomic E-state index is 12.3. The Kier molecular flexibility index (Phi) is 5.59. The van der Waals surface area contributed by atoms with Crippen molar-refractivity contribution in [3.05, 3.63) is 35.9 Å². The molecule has 1 N–H and O–H groups in total. The van der Waals surface area contributed by atoms with Gasteiger partial charge in [0.25, 0.3) is 0 Å². The van der Waals surface area contributed by atoms with E-state index < -0.39 is 0 Å². The summed E-state index contributed by atoms with van der Waals surface area (Å²) in [6.45, 7) is 1.09. The monoisotopic (exact) mass is 357 g/mol. The molecule has 1 aliphatic heterocycles. The molecule has 0 spiro atoms. The van der Waals surface area contributed by atoms with Crippen LogP contribution >= 0.6 is 0 Å². The van der Waals surface area contributed by atoms with E-state index in [9.17, 15) is 14.4 Å². The van der Waals surface area contributed by atoms with Gasteiger partial charge in [0, 0.05) is 32.0 Å². The number of imide groups is 1. The quantitative estimate of drug-likeness (QED) is 0.761. The summed E-state index contributed by atoms with van der Waals surface area (Å²) in [5, 5.41) is 3.08. The predicted octanol–water partition coefficient (Wildman–Crippen LogP) is 2.29. The summed E-state index contributed by atoms with van der Waals surface area (Å²) in [7, 11) is 1.61. The maximum atomic E-state index is 12.3. The van der Waals surface area contributed by atoms with Crippen LogP contribution in [0.25, 0.3) is 0 Å². The third-order valence-corrected chi connectivity index (χ3v) is 5.59. The average molecular weight is 357 g/mol. The number of amides is 4. The van der Waals surface area contributed by atoms with Crippen molar-refractivity contribution in [3.63, 3.8) is 0 Å². The van der Waals surface area contributed by atoms with Gasteiger partial charge in [-0.2, -0.15) is 0 Å². The van der Waals surface area contributed by atoms with Crippen LogP contribution in [0.2, 0.25) is 0 Å². The van der Waals surface area contributed by atoms with Crippen LogP contribution in [0.4, 0.5) is 4.79 Å². The Hall–Kier alpha value is -2.37. The molecule has 0 bridgehead atoms. The Morgan fingerprint density at radius 2 is 1.85 bits per heavy atom. The van der Waals surface area contributed by atoms with E-state index in [0.29, 0.717) is 25.9 Å². The van der Waals surface area contributed by atoms with E-state index in [1.165, 1.54) is 28.2 Å². The summed E-state index contributed by atoms with van der Waals surface area (Å²) in [6.07, 6.45) is 5.40. The largest absolute Gasteiger partial charge is 0.355 e. The zero-order chi connectivity index (χ0) is 18.6. The maximum Gasteiger partial charge on any atom is 0.326 e. The Morgan fingerprint density at radius 1 is 1.15 bits per heavy atom. The molecule has 6 heteroatoms. The Bertz CT molecular complexity index is 668. The highest BCUT2D eigenvalue weighted by Crippen LogP contribution is 2.40. The highest BCUT2D eigenvalue weighted by Gasteiger charge is 2.36. The van der Waals surface area contributed by atoms with E-state index in [-0.39, 0.29) is 29.8 Å². The first kappa shape index (κ1) is 18.4. The molecule has 4 amide bonds. The SMILES string of the molecule is CN1CC(=O)N(CCCC(=O)NCC2(c3ccccc3)CCCC2)C1=O. The van der Waals surface area contributed by atoms with Gasteiger partial charge < -0.3 is 10.2 Å². The number of benzene rings is 1. The minimum Gasteiger partial charge on any atom is -0.355 e. The van der Waals surface area contributed by atoms with Gasteiger partial charge in [0.1, 0.15) is 6.54 Å². The van der Waals surface area contributed by atoms with Crippen molar-refractivity contribution in [1.29, 1.82) is 0 Å². The van der Waals surface area contributed by atoms with Crippen molar-refractivity contribution in [1.82, 2.24) is 15.1 Å². The number of urea groups is 1. The minimum atomic E-state index is -0.274. The molecule has 0 unspecified atom stereocenters. The number of nitrogens with zero attached hydrogens (tertiary/aromatic N) is 2. The van der Waals surface area contributed by atoms with E-state index >= 15 is 0 Å². The number of hydrogen-bond donors (Lipinski definition) is 1. The van der Waals surface area contributed by atoms with Crippen molar-refractivity contribution in [2.75, 3.05) is 26.7 Å². The first-order valence-electron chi connectivity index (χ1n) is 9.39. The molecule has 0 radical (unpaired) electrons. The lowest BCUT2D eigenvalue weighted by molar-refractivity contribution is -0.126. The molecule has 0 atom stereocenters. The number of carbonyl (C=O) groups is 3. The van der Waals surface area contributed by atoms with Crippen LogP contribution in [0.1, 0.15) is 44.1 Å². The van der Waals surface area contributed by atoms with Crippen LogP contribution in [-0.2, 0) is 15.0 Å². The van der Waals surface area contributed by atoms with Crippen LogP contribution in [0, 0.1) is 0 Å². The number of likely N-dealkylation sites (N-methyl/N-ethyl adjacent to an activating group) is 1. The molecule has 1 aromatic carbocycles. The smallest absolute Gasteiger partial charge is 0.326 e. The molecule has 1 aromatic rings. The van der Waals surface area contributed by atoms with E-state index in [1.54, 1.807) is 7.05 Å². The number of carbonyl (C=O) groups excluding carboxylic acids is 3. The van der Waals surface area contributed by atoms with Crippen molar-refractivity contribution in [2.45, 2.75) is 43.9 Å². The van der Waals surface area contributed by atoms with Gasteiger partial charge in [-0.15, -0.1) is 0 Å². The summed E-state index contributed by atoms with van der Waals surface area (Å²) in [6, 6.07) is 10.2. The van der Waals surface area contributed by atoms with Crippen LogP contribution in [0.15, 0.2) is 30.3 Å². The van der Waals surface area contributed by atoms with Crippen LogP contribution in [0.5, 0.6) is 0 Å². The lowest BCUT2D eigenvalue weighted by Gasteiger charge is -2.30. The average Bonchev–Trinajstić information content (AvgIpc) is 3.22. The van der Waals surface area contributed by atoms with Crippen LogP contribution in [-0.4, -0.2) is 54.3 Å². The second kappa shape index (κ2) is 7.89. The van der Waals surface area contributed by atoms with Gasteiger partial charge in [-0.1, -0.05) is 43.2 Å². The Labute approximate surface area is 154 Å². The number of nitrogens with one attached hydrogen (secondary N) is 1. The molecule has 1 saturated carbocycles. The van der Waals surface area contributed by atoms with E-state index in [0.717, 1.165) is 12.8 Å². The molecule has 2 aliphatic rings. The highest BCUT2D eigenvalue weighted by molar-refractivity contribution is 6.01. The third-order valence-electron chi connectivity index (χ3n) is 5.59. The van der Waals surface area contributed by atoms with Gasteiger partial charge in [-0.25, -0.2) is 4.79 Å². The van der Waals surface area contributed by atoms with Gasteiger partial charge in [0.05, 0.1) is 0 Å². The van der Waals surface area contributed by atoms with Gasteiger partial charge in [0.15, 0.2) is 0 Å². The topological polar surface area (TPSA) is 69.7 Å². The van der Waals surface area contributed by atoms with Crippen LogP contribution < -0.4 is 5.32 Å². The molecule has 1 aliphatic carbocycles. The van der Waals surface area contributed by atoms with Gasteiger partial charge >= 0.3 is 6.03 Å². The minimum absolute atomic E-state index is 0.0142. The van der Waals surface area contributed by atoms with Gasteiger partial charge in [-0.05, 0) is 24.8 Å². The molecule has 1 heterocycles. The van der Waals surface area contributed by atoms with Crippen molar-refractivity contribution < 1.29 is 14.4 Å². The third kappa shape index (κ3) is 3.89. The van der Waals surface area contributed by atoms with E-state index in [2.05, 4.69) is 29.6 Å². The van der Waals surface area contributed by atoms with Crippen LogP contribution in [0.3, 0.4) is 0 Å². The molecule has 0 aromatic heterocycles. The Balaban J connectivity index is 1.48. The summed E-state index contributed by atoms with van der Waals surface area (Å²) in [5.74, 6) is -0.202. The highest BCUT2D eigenvalue weighted by atomic mass is 16.2. The lowest BCUT2D eigenvalue weighted by Crippen LogP contribution is -2.39. The predicted molar refractivity (Wildman–Crippen MR) is 98.6 cm³/mol. The molecule has 26 heavy (non-hydrogen) atoms. The fourth-order valence-corrected chi connectivity index (χ4v) is 4.05. The molecular formula is C20H27N3O3. The fraction of sp³-hybridized carbons (Fsp3) is 0.550. The first-order valence-corrected chi connectivity index (χ1v) is 9.39. The number of rotatable bonds is 7. The van der Waals surface area contributed by atoms with Crippen molar-refractivity contribution in [3.8, 4) is 0 Å². The molecular weight excluding hydrogens is 330 g/mol. The zero-order valence-corrected chi connectivity index (χ0v) is 15.4. The molecule has 1 saturated heterocycles. The van der Waals surface area contributed by atoms with Crippen molar-refractivity contribution in [2.24, 2.45) is 0 Å². The first-order chi connectivity index (χ1) is 12.5. The Morgan fingerprint density at radius 3 is 2.46 bits per heavy atom.